The maximum absolute atomic E-state index is 10.1. The maximum Gasteiger partial charge on any atom is 0.145 e. The average molecular weight is 232 g/mol. The fraction of sp³-hybridized carbons (Fsp3) is 0.308. The molecule has 0 aliphatic rings. The highest BCUT2D eigenvalue weighted by Gasteiger charge is 2.13. The Balaban J connectivity index is 2.58. The van der Waals surface area contributed by atoms with E-state index < -0.39 is 6.10 Å². The Morgan fingerprint density at radius 3 is 2.94 bits per heavy atom. The molecule has 1 unspecified atom stereocenters. The molecule has 4 heteroatoms. The molecule has 0 saturated carbocycles. The number of aliphatic hydroxyl groups excluding tert-OH is 1. The van der Waals surface area contributed by atoms with Gasteiger partial charge in [-0.3, -0.25) is 4.98 Å². The summed E-state index contributed by atoms with van der Waals surface area (Å²) in [6.45, 7) is 0.510. The Kier molecular flexibility index (Phi) is 3.56. The van der Waals surface area contributed by atoms with Crippen molar-refractivity contribution in [2.24, 2.45) is 0 Å². The van der Waals surface area contributed by atoms with Crippen molar-refractivity contribution < 1.29 is 9.84 Å². The number of hydrogen-bond donors (Lipinski definition) is 2. The lowest BCUT2D eigenvalue weighted by Gasteiger charge is -2.14. The monoisotopic (exact) mass is 232 g/mol. The summed E-state index contributed by atoms with van der Waals surface area (Å²) in [5.74, 6) is 0.723. The number of pyridine rings is 1. The Bertz CT molecular complexity index is 514. The van der Waals surface area contributed by atoms with Gasteiger partial charge in [0.1, 0.15) is 11.3 Å². The molecule has 1 atom stereocenters. The Hall–Kier alpha value is -1.65. The van der Waals surface area contributed by atoms with E-state index in [0.717, 1.165) is 22.2 Å². The quantitative estimate of drug-likeness (QED) is 0.838. The molecular weight excluding hydrogens is 216 g/mol. The highest BCUT2D eigenvalue weighted by molar-refractivity contribution is 5.87. The van der Waals surface area contributed by atoms with Crippen LogP contribution in [0, 0.1) is 0 Å². The number of fused-ring (bicyclic) bond motifs is 1. The zero-order valence-electron chi connectivity index (χ0n) is 9.97. The first-order valence-corrected chi connectivity index (χ1v) is 5.52. The van der Waals surface area contributed by atoms with Gasteiger partial charge in [0.15, 0.2) is 0 Å². The molecule has 1 aromatic carbocycles. The third-order valence-electron chi connectivity index (χ3n) is 2.74. The van der Waals surface area contributed by atoms with Gasteiger partial charge in [0.2, 0.25) is 0 Å². The molecule has 90 valence electrons. The molecule has 0 spiro atoms. The second-order valence-corrected chi connectivity index (χ2v) is 3.83. The van der Waals surface area contributed by atoms with E-state index >= 15 is 0 Å². The van der Waals surface area contributed by atoms with Crippen LogP contribution >= 0.6 is 0 Å². The number of ether oxygens (including phenoxy) is 1. The molecule has 17 heavy (non-hydrogen) atoms. The molecule has 4 nitrogen and oxygen atoms in total. The number of likely N-dealkylation sites (N-methyl/N-ethyl adjacent to an activating group) is 1. The van der Waals surface area contributed by atoms with Crippen molar-refractivity contribution in [1.29, 1.82) is 0 Å². The predicted octanol–water partition coefficient (Wildman–Crippen LogP) is 1.50. The molecule has 2 rings (SSSR count). The van der Waals surface area contributed by atoms with Crippen LogP contribution in [-0.4, -0.2) is 30.8 Å². The number of nitrogens with zero attached hydrogens (tertiary/aromatic N) is 1. The van der Waals surface area contributed by atoms with Gasteiger partial charge in [0, 0.05) is 18.1 Å². The molecule has 0 aliphatic carbocycles. The second kappa shape index (κ2) is 5.12. The van der Waals surface area contributed by atoms with Crippen molar-refractivity contribution in [3.63, 3.8) is 0 Å². The number of rotatable bonds is 4. The minimum absolute atomic E-state index is 0.510. The van der Waals surface area contributed by atoms with Crippen molar-refractivity contribution in [2.75, 3.05) is 20.7 Å². The fourth-order valence-corrected chi connectivity index (χ4v) is 1.93. The summed E-state index contributed by atoms with van der Waals surface area (Å²) in [5, 5.41) is 13.9. The smallest absolute Gasteiger partial charge is 0.145 e. The van der Waals surface area contributed by atoms with Crippen LogP contribution in [0.15, 0.2) is 30.5 Å². The van der Waals surface area contributed by atoms with Crippen molar-refractivity contribution in [2.45, 2.75) is 6.10 Å². The zero-order valence-corrected chi connectivity index (χ0v) is 9.97. The minimum atomic E-state index is -0.544. The van der Waals surface area contributed by atoms with Gasteiger partial charge in [-0.25, -0.2) is 0 Å². The topological polar surface area (TPSA) is 54.4 Å². The van der Waals surface area contributed by atoms with Gasteiger partial charge in [-0.05, 0) is 24.7 Å². The molecular formula is C13H16N2O2. The van der Waals surface area contributed by atoms with Crippen LogP contribution in [0.4, 0.5) is 0 Å². The van der Waals surface area contributed by atoms with Crippen LogP contribution in [0.25, 0.3) is 10.9 Å². The zero-order chi connectivity index (χ0) is 12.3. The van der Waals surface area contributed by atoms with E-state index in [1.807, 2.05) is 31.3 Å². The number of methoxy groups -OCH3 is 1. The molecule has 1 aromatic heterocycles. The number of benzene rings is 1. The third kappa shape index (κ3) is 2.23. The van der Waals surface area contributed by atoms with E-state index in [-0.39, 0.29) is 0 Å². The fourth-order valence-electron chi connectivity index (χ4n) is 1.93. The van der Waals surface area contributed by atoms with E-state index in [1.54, 1.807) is 13.3 Å². The molecule has 2 N–H and O–H groups in total. The van der Waals surface area contributed by atoms with Crippen LogP contribution in [0.3, 0.4) is 0 Å². The first kappa shape index (κ1) is 11.8. The van der Waals surface area contributed by atoms with E-state index in [9.17, 15) is 5.11 Å². The van der Waals surface area contributed by atoms with Gasteiger partial charge in [-0.15, -0.1) is 0 Å². The normalized spacial score (nSPS) is 12.6. The van der Waals surface area contributed by atoms with Crippen LogP contribution in [0.5, 0.6) is 5.75 Å². The molecule has 0 saturated heterocycles. The second-order valence-electron chi connectivity index (χ2n) is 3.83. The first-order valence-electron chi connectivity index (χ1n) is 5.52. The van der Waals surface area contributed by atoms with Crippen LogP contribution in [0.1, 0.15) is 11.7 Å². The lowest BCUT2D eigenvalue weighted by Crippen LogP contribution is -2.17. The van der Waals surface area contributed by atoms with Gasteiger partial charge in [0.05, 0.1) is 13.2 Å². The summed E-state index contributed by atoms with van der Waals surface area (Å²) in [7, 11) is 3.43. The molecule has 0 amide bonds. The van der Waals surface area contributed by atoms with E-state index in [1.165, 1.54) is 0 Å². The van der Waals surface area contributed by atoms with E-state index in [2.05, 4.69) is 10.3 Å². The maximum atomic E-state index is 10.1. The Morgan fingerprint density at radius 2 is 2.24 bits per heavy atom. The predicted molar refractivity (Wildman–Crippen MR) is 67.2 cm³/mol. The minimum Gasteiger partial charge on any atom is -0.494 e. The number of aromatic nitrogens is 1. The lowest BCUT2D eigenvalue weighted by molar-refractivity contribution is 0.179. The Labute approximate surface area is 100 Å². The number of nitrogens with one attached hydrogen (secondary N) is 1. The molecule has 1 heterocycles. The highest BCUT2D eigenvalue weighted by Crippen LogP contribution is 2.29. The molecule has 2 aromatic rings. The molecule has 0 radical (unpaired) electrons. The average Bonchev–Trinajstić information content (AvgIpc) is 2.37. The highest BCUT2D eigenvalue weighted by atomic mass is 16.5. The SMILES string of the molecule is CNCC(O)c1ccc(OC)c2ncccc12. The summed E-state index contributed by atoms with van der Waals surface area (Å²) in [5.41, 5.74) is 1.64. The van der Waals surface area contributed by atoms with E-state index in [4.69, 9.17) is 4.74 Å². The number of hydrogen-bond acceptors (Lipinski definition) is 4. The van der Waals surface area contributed by atoms with Gasteiger partial charge in [-0.1, -0.05) is 12.1 Å². The van der Waals surface area contributed by atoms with Crippen LogP contribution < -0.4 is 10.1 Å². The lowest BCUT2D eigenvalue weighted by atomic mass is 10.0. The molecule has 0 aliphatic heterocycles. The van der Waals surface area contributed by atoms with Gasteiger partial charge in [-0.2, -0.15) is 0 Å². The van der Waals surface area contributed by atoms with Gasteiger partial charge >= 0.3 is 0 Å². The Morgan fingerprint density at radius 1 is 1.41 bits per heavy atom. The van der Waals surface area contributed by atoms with Gasteiger partial charge in [0.25, 0.3) is 0 Å². The van der Waals surface area contributed by atoms with Crippen molar-refractivity contribution in [3.05, 3.63) is 36.0 Å². The standard InChI is InChI=1S/C13H16N2O2/c1-14-8-11(16)9-5-6-12(17-2)13-10(9)4-3-7-15-13/h3-7,11,14,16H,8H2,1-2H3. The molecule has 0 bridgehead atoms. The van der Waals surface area contributed by atoms with Crippen molar-refractivity contribution >= 4 is 10.9 Å². The van der Waals surface area contributed by atoms with Crippen LogP contribution in [-0.2, 0) is 0 Å². The summed E-state index contributed by atoms with van der Waals surface area (Å²) < 4.78 is 5.26. The van der Waals surface area contributed by atoms with Crippen LogP contribution in [0.2, 0.25) is 0 Å². The summed E-state index contributed by atoms with van der Waals surface area (Å²) in [4.78, 5) is 4.30. The summed E-state index contributed by atoms with van der Waals surface area (Å²) in [6.07, 6.45) is 1.18. The number of aliphatic hydroxyl groups is 1. The van der Waals surface area contributed by atoms with Crippen molar-refractivity contribution in [3.8, 4) is 5.75 Å². The third-order valence-corrected chi connectivity index (χ3v) is 2.74. The summed E-state index contributed by atoms with van der Waals surface area (Å²) >= 11 is 0. The largest absolute Gasteiger partial charge is 0.494 e. The first-order chi connectivity index (χ1) is 8.27. The van der Waals surface area contributed by atoms with E-state index in [0.29, 0.717) is 6.54 Å². The van der Waals surface area contributed by atoms with Gasteiger partial charge < -0.3 is 15.2 Å². The van der Waals surface area contributed by atoms with Crippen molar-refractivity contribution in [1.82, 2.24) is 10.3 Å². The summed E-state index contributed by atoms with van der Waals surface area (Å²) in [6, 6.07) is 7.52. The molecule has 0 fully saturated rings.